The molecule has 0 aromatic heterocycles. The first kappa shape index (κ1) is 10.4. The van der Waals surface area contributed by atoms with Crippen LogP contribution in [0.4, 0.5) is 0 Å². The predicted octanol–water partition coefficient (Wildman–Crippen LogP) is 4.33. The van der Waals surface area contributed by atoms with Crippen LogP contribution >= 0.6 is 0 Å². The molecule has 2 aromatic carbocycles. The number of benzene rings is 2. The van der Waals surface area contributed by atoms with Gasteiger partial charge in [0.1, 0.15) is 5.75 Å². The summed E-state index contributed by atoms with van der Waals surface area (Å²) in [4.78, 5) is 0. The molecule has 0 unspecified atom stereocenters. The highest BCUT2D eigenvalue weighted by atomic mass is 16.3. The van der Waals surface area contributed by atoms with Gasteiger partial charge in [-0.2, -0.15) is 0 Å². The third kappa shape index (κ3) is 1.93. The van der Waals surface area contributed by atoms with Gasteiger partial charge in [0.15, 0.2) is 0 Å². The lowest BCUT2D eigenvalue weighted by molar-refractivity contribution is 0.420. The minimum absolute atomic E-state index is 0.339. The van der Waals surface area contributed by atoms with Crippen LogP contribution in [0.15, 0.2) is 48.5 Å². The number of hydrogen-bond acceptors (Lipinski definition) is 1. The van der Waals surface area contributed by atoms with Gasteiger partial charge in [-0.15, -0.1) is 0 Å². The van der Waals surface area contributed by atoms with Crippen LogP contribution in [0.25, 0.3) is 11.1 Å². The van der Waals surface area contributed by atoms with Gasteiger partial charge in [-0.25, -0.2) is 0 Å². The van der Waals surface area contributed by atoms with Crippen molar-refractivity contribution in [3.63, 3.8) is 0 Å². The van der Waals surface area contributed by atoms with Gasteiger partial charge in [-0.05, 0) is 47.6 Å². The summed E-state index contributed by atoms with van der Waals surface area (Å²) >= 11 is 0. The third-order valence-corrected chi connectivity index (χ3v) is 3.66. The minimum atomic E-state index is 0.339. The maximum atomic E-state index is 9.58. The van der Waals surface area contributed by atoms with Gasteiger partial charge in [0, 0.05) is 0 Å². The van der Waals surface area contributed by atoms with Crippen molar-refractivity contribution in [1.29, 1.82) is 0 Å². The van der Waals surface area contributed by atoms with Gasteiger partial charge < -0.3 is 5.11 Å². The molecule has 0 radical (unpaired) electrons. The number of phenolic OH excluding ortho intramolecular Hbond substituents is 1. The summed E-state index contributed by atoms with van der Waals surface area (Å²) in [6, 6.07) is 16.1. The van der Waals surface area contributed by atoms with Crippen LogP contribution in [-0.4, -0.2) is 5.11 Å². The van der Waals surface area contributed by atoms with Crippen molar-refractivity contribution < 1.29 is 5.11 Å². The Labute approximate surface area is 102 Å². The summed E-state index contributed by atoms with van der Waals surface area (Å²) in [5.41, 5.74) is 3.82. The number of rotatable bonds is 2. The van der Waals surface area contributed by atoms with E-state index in [2.05, 4.69) is 30.3 Å². The molecule has 0 saturated heterocycles. The summed E-state index contributed by atoms with van der Waals surface area (Å²) in [6.07, 6.45) is 3.95. The molecule has 1 N–H and O–H groups in total. The van der Waals surface area contributed by atoms with E-state index in [-0.39, 0.29) is 0 Å². The molecule has 0 bridgehead atoms. The van der Waals surface area contributed by atoms with Gasteiger partial charge in [0.05, 0.1) is 0 Å². The Balaban J connectivity index is 2.07. The molecule has 1 nitrogen and oxygen atoms in total. The van der Waals surface area contributed by atoms with E-state index in [4.69, 9.17) is 0 Å². The van der Waals surface area contributed by atoms with Gasteiger partial charge >= 0.3 is 0 Å². The summed E-state index contributed by atoms with van der Waals surface area (Å²) in [7, 11) is 0. The Bertz CT molecular complexity index is 527. The molecule has 0 atom stereocenters. The van der Waals surface area contributed by atoms with Crippen LogP contribution in [0, 0.1) is 0 Å². The molecular weight excluding hydrogens is 208 g/mol. The molecule has 2 aromatic rings. The van der Waals surface area contributed by atoms with Crippen molar-refractivity contribution in [2.75, 3.05) is 0 Å². The van der Waals surface area contributed by atoms with Crippen LogP contribution in [0.5, 0.6) is 5.75 Å². The zero-order valence-electron chi connectivity index (χ0n) is 9.76. The second kappa shape index (κ2) is 4.25. The SMILES string of the molecule is Oc1cccc(-c2ccccc2C2CCC2)c1. The average Bonchev–Trinajstić information content (AvgIpc) is 2.27. The van der Waals surface area contributed by atoms with Crippen molar-refractivity contribution >= 4 is 0 Å². The normalized spacial score (nSPS) is 15.5. The summed E-state index contributed by atoms with van der Waals surface area (Å²) in [5, 5.41) is 9.58. The van der Waals surface area contributed by atoms with Crippen LogP contribution in [0.1, 0.15) is 30.7 Å². The molecule has 0 aliphatic heterocycles. The van der Waals surface area contributed by atoms with Gasteiger partial charge in [0.2, 0.25) is 0 Å². The molecule has 86 valence electrons. The fourth-order valence-corrected chi connectivity index (χ4v) is 2.51. The summed E-state index contributed by atoms with van der Waals surface area (Å²) < 4.78 is 0. The molecule has 1 aliphatic carbocycles. The number of hydrogen-bond donors (Lipinski definition) is 1. The topological polar surface area (TPSA) is 20.2 Å². The monoisotopic (exact) mass is 224 g/mol. The van der Waals surface area contributed by atoms with Gasteiger partial charge in [0.25, 0.3) is 0 Å². The van der Waals surface area contributed by atoms with E-state index in [1.54, 1.807) is 6.07 Å². The highest BCUT2D eigenvalue weighted by Gasteiger charge is 2.22. The molecule has 1 fully saturated rings. The lowest BCUT2D eigenvalue weighted by Gasteiger charge is -2.28. The molecule has 0 spiro atoms. The van der Waals surface area contributed by atoms with Crippen molar-refractivity contribution in [2.45, 2.75) is 25.2 Å². The first-order valence-corrected chi connectivity index (χ1v) is 6.23. The number of phenols is 1. The Morgan fingerprint density at radius 2 is 1.76 bits per heavy atom. The van der Waals surface area contributed by atoms with Gasteiger partial charge in [-0.3, -0.25) is 0 Å². The van der Waals surface area contributed by atoms with E-state index in [9.17, 15) is 5.11 Å². The molecule has 17 heavy (non-hydrogen) atoms. The summed E-state index contributed by atoms with van der Waals surface area (Å²) in [5.74, 6) is 1.06. The molecule has 3 rings (SSSR count). The fraction of sp³-hybridized carbons (Fsp3) is 0.250. The molecule has 0 amide bonds. The highest BCUT2D eigenvalue weighted by Crippen LogP contribution is 2.41. The van der Waals surface area contributed by atoms with Crippen molar-refractivity contribution in [3.8, 4) is 16.9 Å². The van der Waals surface area contributed by atoms with E-state index in [0.29, 0.717) is 11.7 Å². The smallest absolute Gasteiger partial charge is 0.116 e. The quantitative estimate of drug-likeness (QED) is 0.805. The molecular formula is C16H16O. The second-order valence-corrected chi connectivity index (χ2v) is 4.77. The van der Waals surface area contributed by atoms with Crippen LogP contribution in [-0.2, 0) is 0 Å². The van der Waals surface area contributed by atoms with Crippen molar-refractivity contribution in [3.05, 3.63) is 54.1 Å². The first-order chi connectivity index (χ1) is 8.34. The maximum absolute atomic E-state index is 9.58. The van der Waals surface area contributed by atoms with Crippen LogP contribution < -0.4 is 0 Å². The molecule has 1 heteroatoms. The van der Waals surface area contributed by atoms with Gasteiger partial charge in [-0.1, -0.05) is 42.8 Å². The fourth-order valence-electron chi connectivity index (χ4n) is 2.51. The van der Waals surface area contributed by atoms with E-state index in [1.165, 1.54) is 30.4 Å². The van der Waals surface area contributed by atoms with Crippen LogP contribution in [0.3, 0.4) is 0 Å². The standard InChI is InChI=1S/C16H16O/c17-14-8-4-7-13(11-14)16-10-2-1-9-15(16)12-5-3-6-12/h1-2,4,7-12,17H,3,5-6H2. The molecule has 1 saturated carbocycles. The maximum Gasteiger partial charge on any atom is 0.116 e. The Kier molecular flexibility index (Phi) is 2.60. The van der Waals surface area contributed by atoms with E-state index in [1.807, 2.05) is 12.1 Å². The molecule has 0 heterocycles. The summed E-state index contributed by atoms with van der Waals surface area (Å²) in [6.45, 7) is 0. The lowest BCUT2D eigenvalue weighted by atomic mass is 9.77. The Morgan fingerprint density at radius 3 is 2.47 bits per heavy atom. The van der Waals surface area contributed by atoms with E-state index >= 15 is 0 Å². The van der Waals surface area contributed by atoms with Crippen molar-refractivity contribution in [1.82, 2.24) is 0 Å². The van der Waals surface area contributed by atoms with E-state index < -0.39 is 0 Å². The second-order valence-electron chi connectivity index (χ2n) is 4.77. The minimum Gasteiger partial charge on any atom is -0.508 e. The lowest BCUT2D eigenvalue weighted by Crippen LogP contribution is -2.09. The average molecular weight is 224 g/mol. The zero-order chi connectivity index (χ0) is 11.7. The Morgan fingerprint density at radius 1 is 0.941 bits per heavy atom. The first-order valence-electron chi connectivity index (χ1n) is 6.23. The third-order valence-electron chi connectivity index (χ3n) is 3.66. The predicted molar refractivity (Wildman–Crippen MR) is 70.1 cm³/mol. The number of aromatic hydroxyl groups is 1. The molecule has 1 aliphatic rings. The highest BCUT2D eigenvalue weighted by molar-refractivity contribution is 5.69. The largest absolute Gasteiger partial charge is 0.508 e. The van der Waals surface area contributed by atoms with Crippen molar-refractivity contribution in [2.24, 2.45) is 0 Å². The zero-order valence-corrected chi connectivity index (χ0v) is 9.76. The van der Waals surface area contributed by atoms with E-state index in [0.717, 1.165) is 5.56 Å². The van der Waals surface area contributed by atoms with Crippen LogP contribution in [0.2, 0.25) is 0 Å². The Hall–Kier alpha value is -1.76.